The number of rotatable bonds is 2. The van der Waals surface area contributed by atoms with Gasteiger partial charge in [0.25, 0.3) is 0 Å². The van der Waals surface area contributed by atoms with E-state index in [0.29, 0.717) is 16.6 Å². The first-order valence-corrected chi connectivity index (χ1v) is 7.22. The molecule has 0 radical (unpaired) electrons. The Balaban J connectivity index is 2.31. The molecule has 0 aliphatic heterocycles. The second-order valence-corrected chi connectivity index (χ2v) is 5.79. The molecule has 2 aromatic carbocycles. The number of carbonyl (C=O) groups excluding carboxylic acids is 1. The van der Waals surface area contributed by atoms with Crippen LogP contribution in [0.25, 0.3) is 22.2 Å². The van der Waals surface area contributed by atoms with Crippen molar-refractivity contribution < 1.29 is 9.90 Å². The van der Waals surface area contributed by atoms with Gasteiger partial charge in [-0.25, -0.2) is 4.98 Å². The third-order valence-electron chi connectivity index (χ3n) is 3.30. The molecule has 0 aliphatic rings. The minimum Gasteiger partial charge on any atom is -0.545 e. The molecule has 0 saturated carbocycles. The number of benzene rings is 2. The van der Waals surface area contributed by atoms with E-state index in [-0.39, 0.29) is 5.56 Å². The van der Waals surface area contributed by atoms with Crippen molar-refractivity contribution in [2.45, 2.75) is 6.92 Å². The Morgan fingerprint density at radius 1 is 1.14 bits per heavy atom. The van der Waals surface area contributed by atoms with Crippen molar-refractivity contribution in [1.29, 1.82) is 0 Å². The number of carboxylic acid groups (broad SMARTS) is 1. The molecule has 21 heavy (non-hydrogen) atoms. The van der Waals surface area contributed by atoms with E-state index in [4.69, 9.17) is 0 Å². The molecule has 0 fully saturated rings. The third kappa shape index (κ3) is 2.67. The predicted octanol–water partition coefficient (Wildman–Crippen LogP) is 3.34. The molecule has 0 unspecified atom stereocenters. The summed E-state index contributed by atoms with van der Waals surface area (Å²) in [7, 11) is 0. The molecule has 3 rings (SSSR count). The van der Waals surface area contributed by atoms with E-state index in [2.05, 4.69) is 20.9 Å². The quantitative estimate of drug-likeness (QED) is 0.718. The number of hydrogen-bond donors (Lipinski definition) is 0. The summed E-state index contributed by atoms with van der Waals surface area (Å²) < 4.78 is 0.917. The van der Waals surface area contributed by atoms with E-state index in [1.807, 2.05) is 49.4 Å². The maximum atomic E-state index is 11.4. The van der Waals surface area contributed by atoms with Gasteiger partial charge in [0.2, 0.25) is 0 Å². The topological polar surface area (TPSA) is 53.0 Å². The van der Waals surface area contributed by atoms with Crippen LogP contribution in [0.1, 0.15) is 15.9 Å². The van der Waals surface area contributed by atoms with Gasteiger partial charge in [0.05, 0.1) is 17.2 Å². The van der Waals surface area contributed by atoms with E-state index >= 15 is 0 Å². The van der Waals surface area contributed by atoms with E-state index in [1.165, 1.54) is 0 Å². The summed E-state index contributed by atoms with van der Waals surface area (Å²) >= 11 is 3.41. The molecule has 104 valence electrons. The number of aromatic carboxylic acids is 1. The fraction of sp³-hybridized carbons (Fsp3) is 0.0588. The number of carbonyl (C=O) groups is 1. The molecule has 1 aromatic heterocycles. The summed E-state index contributed by atoms with van der Waals surface area (Å²) in [6.45, 7) is 1.92. The van der Waals surface area contributed by atoms with Gasteiger partial charge in [0.15, 0.2) is 0 Å². The molecule has 0 saturated heterocycles. The highest BCUT2D eigenvalue weighted by molar-refractivity contribution is 9.10. The molecule has 0 N–H and O–H groups in total. The number of pyridine rings is 1. The Morgan fingerprint density at radius 3 is 2.67 bits per heavy atom. The molecular weight excluding hydrogens is 330 g/mol. The van der Waals surface area contributed by atoms with Crippen molar-refractivity contribution in [3.63, 3.8) is 0 Å². The Morgan fingerprint density at radius 2 is 1.95 bits per heavy atom. The lowest BCUT2D eigenvalue weighted by atomic mass is 10.0. The molecule has 0 bridgehead atoms. The van der Waals surface area contributed by atoms with Crippen LogP contribution in [0.3, 0.4) is 0 Å². The smallest absolute Gasteiger partial charge is 0.0722 e. The second kappa shape index (κ2) is 5.30. The van der Waals surface area contributed by atoms with E-state index in [1.54, 1.807) is 6.07 Å². The number of fused-ring (bicyclic) bond motifs is 1. The lowest BCUT2D eigenvalue weighted by Crippen LogP contribution is -2.22. The normalized spacial score (nSPS) is 10.8. The third-order valence-corrected chi connectivity index (χ3v) is 3.80. The maximum absolute atomic E-state index is 11.4. The summed E-state index contributed by atoms with van der Waals surface area (Å²) in [5, 5.41) is 12.0. The highest BCUT2D eigenvalue weighted by Gasteiger charge is 2.09. The Labute approximate surface area is 130 Å². The first kappa shape index (κ1) is 13.8. The number of hydrogen-bond acceptors (Lipinski definition) is 3. The molecule has 4 heteroatoms. The first-order chi connectivity index (χ1) is 10.0. The van der Waals surface area contributed by atoms with Gasteiger partial charge in [-0.15, -0.1) is 0 Å². The highest BCUT2D eigenvalue weighted by Crippen LogP contribution is 2.27. The summed E-state index contributed by atoms with van der Waals surface area (Å²) in [4.78, 5) is 16.0. The minimum absolute atomic E-state index is 0.165. The van der Waals surface area contributed by atoms with Crippen LogP contribution in [0.15, 0.2) is 53.0 Å². The standard InChI is InChI=1S/C17H12BrNO2/c1-10-5-6-15-13(7-10)14(17(20)21)9-16(19-15)11-3-2-4-12(18)8-11/h2-9H,1H3,(H,20,21)/p-1. The zero-order chi connectivity index (χ0) is 15.0. The fourth-order valence-corrected chi connectivity index (χ4v) is 2.70. The van der Waals surface area contributed by atoms with Crippen molar-refractivity contribution in [1.82, 2.24) is 4.98 Å². The highest BCUT2D eigenvalue weighted by atomic mass is 79.9. The Hall–Kier alpha value is -2.20. The van der Waals surface area contributed by atoms with Crippen LogP contribution >= 0.6 is 15.9 Å². The van der Waals surface area contributed by atoms with Crippen molar-refractivity contribution in [2.75, 3.05) is 0 Å². The summed E-state index contributed by atoms with van der Waals surface area (Å²) in [5.41, 5.74) is 3.28. The van der Waals surface area contributed by atoms with Crippen molar-refractivity contribution in [3.05, 3.63) is 64.1 Å². The zero-order valence-corrected chi connectivity index (χ0v) is 12.8. The van der Waals surface area contributed by atoms with Crippen LogP contribution in [0.4, 0.5) is 0 Å². The SMILES string of the molecule is Cc1ccc2nc(-c3cccc(Br)c3)cc(C(=O)[O-])c2c1. The largest absolute Gasteiger partial charge is 0.545 e. The zero-order valence-electron chi connectivity index (χ0n) is 11.3. The lowest BCUT2D eigenvalue weighted by molar-refractivity contribution is -0.254. The van der Waals surface area contributed by atoms with Crippen molar-refractivity contribution >= 4 is 32.8 Å². The maximum Gasteiger partial charge on any atom is 0.0722 e. The lowest BCUT2D eigenvalue weighted by Gasteiger charge is -2.11. The van der Waals surface area contributed by atoms with Crippen LogP contribution in [-0.4, -0.2) is 11.0 Å². The molecule has 0 aliphatic carbocycles. The van der Waals surface area contributed by atoms with Crippen LogP contribution in [-0.2, 0) is 0 Å². The van der Waals surface area contributed by atoms with Gasteiger partial charge in [-0.2, -0.15) is 0 Å². The second-order valence-electron chi connectivity index (χ2n) is 4.87. The summed E-state index contributed by atoms with van der Waals surface area (Å²) in [6, 6.07) is 14.7. The van der Waals surface area contributed by atoms with Gasteiger partial charge in [0, 0.05) is 21.0 Å². The van der Waals surface area contributed by atoms with Gasteiger partial charge >= 0.3 is 0 Å². The van der Waals surface area contributed by atoms with Crippen LogP contribution in [0.5, 0.6) is 0 Å². The summed E-state index contributed by atoms with van der Waals surface area (Å²) in [6.07, 6.45) is 0. The van der Waals surface area contributed by atoms with Crippen LogP contribution in [0.2, 0.25) is 0 Å². The van der Waals surface area contributed by atoms with Crippen LogP contribution in [0, 0.1) is 6.92 Å². The monoisotopic (exact) mass is 340 g/mol. The van der Waals surface area contributed by atoms with Gasteiger partial charge in [0.1, 0.15) is 0 Å². The minimum atomic E-state index is -1.19. The number of aryl methyl sites for hydroxylation is 1. The predicted molar refractivity (Wildman–Crippen MR) is 83.9 cm³/mol. The summed E-state index contributed by atoms with van der Waals surface area (Å²) in [5.74, 6) is -1.19. The van der Waals surface area contributed by atoms with E-state index < -0.39 is 5.97 Å². The van der Waals surface area contributed by atoms with E-state index in [0.717, 1.165) is 15.6 Å². The Kier molecular flexibility index (Phi) is 3.47. The number of aromatic nitrogens is 1. The number of carboxylic acids is 1. The van der Waals surface area contributed by atoms with Gasteiger partial charge in [-0.1, -0.05) is 39.7 Å². The number of halogens is 1. The molecule has 3 aromatic rings. The number of nitrogens with zero attached hydrogens (tertiary/aromatic N) is 1. The molecule has 0 spiro atoms. The van der Waals surface area contributed by atoms with Gasteiger partial charge in [-0.05, 0) is 37.3 Å². The van der Waals surface area contributed by atoms with E-state index in [9.17, 15) is 9.90 Å². The molecule has 1 heterocycles. The molecule has 3 nitrogen and oxygen atoms in total. The molecule has 0 atom stereocenters. The van der Waals surface area contributed by atoms with Crippen molar-refractivity contribution in [3.8, 4) is 11.3 Å². The van der Waals surface area contributed by atoms with Gasteiger partial charge < -0.3 is 9.90 Å². The average Bonchev–Trinajstić information content (AvgIpc) is 2.46. The molecule has 0 amide bonds. The Bertz CT molecular complexity index is 859. The van der Waals surface area contributed by atoms with Crippen molar-refractivity contribution in [2.24, 2.45) is 0 Å². The van der Waals surface area contributed by atoms with Crippen LogP contribution < -0.4 is 5.11 Å². The fourth-order valence-electron chi connectivity index (χ4n) is 2.30. The van der Waals surface area contributed by atoms with Gasteiger partial charge in [-0.3, -0.25) is 0 Å². The first-order valence-electron chi connectivity index (χ1n) is 6.43. The average molecular weight is 341 g/mol. The molecular formula is C17H11BrNO2-.